The Hall–Kier alpha value is -3.09. The van der Waals surface area contributed by atoms with Crippen molar-refractivity contribution in [1.82, 2.24) is 20.7 Å². The minimum absolute atomic E-state index is 0.0348. The normalized spacial score (nSPS) is 23.1. The number of carbonyl (C=O) groups is 4. The number of rotatable bonds is 13. The van der Waals surface area contributed by atoms with Crippen molar-refractivity contribution in [2.75, 3.05) is 12.3 Å². The number of carboxylic acids is 1. The summed E-state index contributed by atoms with van der Waals surface area (Å²) in [5.41, 5.74) is 0. The number of aliphatic carboxylic acids is 1. The predicted octanol–water partition coefficient (Wildman–Crippen LogP) is 0.712. The fraction of sp³-hybridized carbons (Fsp3) is 0.619. The minimum Gasteiger partial charge on any atom is -0.492 e. The zero-order valence-corrected chi connectivity index (χ0v) is 19.4. The highest BCUT2D eigenvalue weighted by Crippen LogP contribution is 2.44. The Morgan fingerprint density at radius 2 is 1.79 bits per heavy atom. The van der Waals surface area contributed by atoms with E-state index in [-0.39, 0.29) is 48.6 Å². The Morgan fingerprint density at radius 3 is 2.50 bits per heavy atom. The molecule has 12 nitrogen and oxygen atoms in total. The molecule has 2 fully saturated rings. The van der Waals surface area contributed by atoms with Gasteiger partial charge in [-0.05, 0) is 25.7 Å². The van der Waals surface area contributed by atoms with Crippen molar-refractivity contribution in [3.05, 3.63) is 12.1 Å². The van der Waals surface area contributed by atoms with Gasteiger partial charge in [-0.3, -0.25) is 9.59 Å². The standard InChI is InChI=1S/C21H30N4O8S/c26-14-8-9-15(27)25(14)33-17(30)7-2-1-5-11-22-19(31)21(10-4-3-6-16(28)29)18-13(12-34-21)23-20(32)24-18/h8-9,13,18,26-27H,1-7,10-12H2,(H,22,31)(H,28,29)(H2,23,24,32)/t13-,18-,21-/m0/s1. The molecule has 2 saturated heterocycles. The number of unbranched alkanes of at least 4 members (excludes halogenated alkanes) is 3. The first-order chi connectivity index (χ1) is 16.2. The van der Waals surface area contributed by atoms with Gasteiger partial charge in [0.05, 0.1) is 12.1 Å². The van der Waals surface area contributed by atoms with Crippen LogP contribution in [-0.2, 0) is 14.4 Å². The van der Waals surface area contributed by atoms with Gasteiger partial charge in [0.2, 0.25) is 17.7 Å². The van der Waals surface area contributed by atoms with Gasteiger partial charge in [0, 0.05) is 37.3 Å². The molecule has 0 bridgehead atoms. The van der Waals surface area contributed by atoms with Crippen LogP contribution in [0.25, 0.3) is 0 Å². The molecule has 0 unspecified atom stereocenters. The molecule has 2 aliphatic heterocycles. The zero-order valence-electron chi connectivity index (χ0n) is 18.6. The van der Waals surface area contributed by atoms with Crippen LogP contribution in [0.4, 0.5) is 4.79 Å². The van der Waals surface area contributed by atoms with Crippen LogP contribution < -0.4 is 20.8 Å². The fourth-order valence-corrected chi connectivity index (χ4v) is 5.87. The van der Waals surface area contributed by atoms with Crippen molar-refractivity contribution in [3.8, 4) is 11.8 Å². The van der Waals surface area contributed by atoms with Crippen LogP contribution >= 0.6 is 11.8 Å². The molecule has 3 heterocycles. The van der Waals surface area contributed by atoms with E-state index in [1.807, 2.05) is 0 Å². The van der Waals surface area contributed by atoms with Gasteiger partial charge in [-0.2, -0.15) is 0 Å². The van der Waals surface area contributed by atoms with Gasteiger partial charge >= 0.3 is 18.0 Å². The molecule has 3 rings (SSSR count). The van der Waals surface area contributed by atoms with E-state index in [0.717, 1.165) is 0 Å². The molecule has 13 heteroatoms. The summed E-state index contributed by atoms with van der Waals surface area (Å²) in [6, 6.07) is 1.59. The highest BCUT2D eigenvalue weighted by molar-refractivity contribution is 8.01. The lowest BCUT2D eigenvalue weighted by Gasteiger charge is -2.32. The summed E-state index contributed by atoms with van der Waals surface area (Å²) in [6.07, 6.45) is 3.35. The number of nitrogens with zero attached hydrogens (tertiary/aromatic N) is 1. The molecule has 0 aromatic carbocycles. The van der Waals surface area contributed by atoms with Crippen molar-refractivity contribution in [1.29, 1.82) is 0 Å². The SMILES string of the molecule is O=C(O)CCCC[C@]1(C(=O)NCCCCCC(=O)On2c(O)ccc2O)SC[C@@H]2NC(=O)N[C@@H]21. The van der Waals surface area contributed by atoms with Crippen LogP contribution in [0.3, 0.4) is 0 Å². The van der Waals surface area contributed by atoms with Crippen molar-refractivity contribution in [3.63, 3.8) is 0 Å². The topological polar surface area (TPSA) is 179 Å². The molecule has 0 aliphatic carbocycles. The smallest absolute Gasteiger partial charge is 0.333 e. The van der Waals surface area contributed by atoms with Gasteiger partial charge < -0.3 is 36.1 Å². The van der Waals surface area contributed by atoms with Crippen LogP contribution in [0.2, 0.25) is 0 Å². The maximum absolute atomic E-state index is 13.2. The molecular formula is C21H30N4O8S. The zero-order chi connectivity index (χ0) is 24.7. The molecular weight excluding hydrogens is 468 g/mol. The first-order valence-electron chi connectivity index (χ1n) is 11.2. The highest BCUT2D eigenvalue weighted by atomic mass is 32.2. The largest absolute Gasteiger partial charge is 0.492 e. The monoisotopic (exact) mass is 498 g/mol. The van der Waals surface area contributed by atoms with E-state index in [1.54, 1.807) is 0 Å². The van der Waals surface area contributed by atoms with Gasteiger partial charge in [0.15, 0.2) is 0 Å². The molecule has 188 valence electrons. The summed E-state index contributed by atoms with van der Waals surface area (Å²) in [7, 11) is 0. The third-order valence-corrected chi connectivity index (χ3v) is 7.62. The number of hydrogen-bond acceptors (Lipinski definition) is 8. The molecule has 3 amide bonds. The second kappa shape index (κ2) is 11.4. The Labute approximate surface area is 200 Å². The third kappa shape index (κ3) is 6.07. The summed E-state index contributed by atoms with van der Waals surface area (Å²) in [5, 5.41) is 36.4. The molecule has 0 saturated carbocycles. The lowest BCUT2D eigenvalue weighted by molar-refractivity contribution is -0.145. The maximum atomic E-state index is 13.2. The van der Waals surface area contributed by atoms with Gasteiger partial charge in [-0.25, -0.2) is 9.59 Å². The van der Waals surface area contributed by atoms with E-state index in [9.17, 15) is 29.4 Å². The molecule has 0 radical (unpaired) electrons. The molecule has 34 heavy (non-hydrogen) atoms. The highest BCUT2D eigenvalue weighted by Gasteiger charge is 2.57. The van der Waals surface area contributed by atoms with Gasteiger partial charge in [-0.15, -0.1) is 16.5 Å². The third-order valence-electron chi connectivity index (χ3n) is 5.94. The number of fused-ring (bicyclic) bond motifs is 1. The van der Waals surface area contributed by atoms with E-state index in [2.05, 4.69) is 16.0 Å². The van der Waals surface area contributed by atoms with Crippen LogP contribution in [0.5, 0.6) is 11.8 Å². The molecule has 1 aromatic heterocycles. The van der Waals surface area contributed by atoms with E-state index < -0.39 is 16.7 Å². The molecule has 1 aromatic rings. The Bertz CT molecular complexity index is 903. The first kappa shape index (κ1) is 25.5. The molecule has 0 spiro atoms. The van der Waals surface area contributed by atoms with E-state index >= 15 is 0 Å². The van der Waals surface area contributed by atoms with Crippen molar-refractivity contribution >= 4 is 35.6 Å². The predicted molar refractivity (Wildman–Crippen MR) is 121 cm³/mol. The second-order valence-corrected chi connectivity index (χ2v) is 9.73. The summed E-state index contributed by atoms with van der Waals surface area (Å²) < 4.78 is -0.214. The van der Waals surface area contributed by atoms with Crippen LogP contribution in [0.1, 0.15) is 51.4 Å². The van der Waals surface area contributed by atoms with Gasteiger partial charge in [0.1, 0.15) is 4.75 Å². The first-order valence-corrected chi connectivity index (χ1v) is 12.2. The summed E-state index contributed by atoms with van der Waals surface area (Å²) >= 11 is 1.49. The average molecular weight is 499 g/mol. The Kier molecular flexibility index (Phi) is 8.53. The fourth-order valence-electron chi connectivity index (χ4n) is 4.22. The van der Waals surface area contributed by atoms with Crippen LogP contribution in [0.15, 0.2) is 12.1 Å². The number of carboxylic acid groups (broad SMARTS) is 1. The lowest BCUT2D eigenvalue weighted by Crippen LogP contribution is -2.56. The second-order valence-electron chi connectivity index (χ2n) is 8.38. The molecule has 3 atom stereocenters. The number of hydrogen-bond donors (Lipinski definition) is 6. The Morgan fingerprint density at radius 1 is 1.09 bits per heavy atom. The quantitative estimate of drug-likeness (QED) is 0.169. The average Bonchev–Trinajstić information content (AvgIpc) is 3.42. The number of amides is 3. The number of aromatic nitrogens is 1. The number of carbonyl (C=O) groups excluding carboxylic acids is 3. The van der Waals surface area contributed by atoms with Crippen molar-refractivity contribution < 1.29 is 39.3 Å². The molecule has 2 aliphatic rings. The van der Waals surface area contributed by atoms with E-state index in [1.165, 1.54) is 23.9 Å². The van der Waals surface area contributed by atoms with Crippen LogP contribution in [0, 0.1) is 0 Å². The van der Waals surface area contributed by atoms with Gasteiger partial charge in [-0.1, -0.05) is 12.8 Å². The Balaban J connectivity index is 1.42. The van der Waals surface area contributed by atoms with Gasteiger partial charge in [0.25, 0.3) is 0 Å². The van der Waals surface area contributed by atoms with Crippen molar-refractivity contribution in [2.45, 2.75) is 68.2 Å². The lowest BCUT2D eigenvalue weighted by atomic mass is 9.88. The van der Waals surface area contributed by atoms with E-state index in [4.69, 9.17) is 9.94 Å². The number of aromatic hydroxyl groups is 2. The van der Waals surface area contributed by atoms with E-state index in [0.29, 0.717) is 55.6 Å². The minimum atomic E-state index is -0.878. The summed E-state index contributed by atoms with van der Waals surface area (Å²) in [6.45, 7) is 0.392. The number of urea groups is 1. The summed E-state index contributed by atoms with van der Waals surface area (Å²) in [4.78, 5) is 52.5. The summed E-state index contributed by atoms with van der Waals surface area (Å²) in [5.74, 6) is -1.83. The number of nitrogens with one attached hydrogen (secondary N) is 3. The van der Waals surface area contributed by atoms with Crippen molar-refractivity contribution in [2.24, 2.45) is 0 Å². The maximum Gasteiger partial charge on any atom is 0.333 e. The molecule has 6 N–H and O–H groups in total. The number of thioether (sulfide) groups is 1. The van der Waals surface area contributed by atoms with Crippen LogP contribution in [-0.4, -0.2) is 73.1 Å².